The zero-order valence-electron chi connectivity index (χ0n) is 15.4. The smallest absolute Gasteiger partial charge is 0.228 e. The van der Waals surface area contributed by atoms with Gasteiger partial charge in [0.15, 0.2) is 27.2 Å². The normalized spacial score (nSPS) is 11.4. The molecule has 152 valence electrons. The third-order valence-corrected chi connectivity index (χ3v) is 5.02. The molecule has 0 amide bonds. The highest BCUT2D eigenvalue weighted by atomic mass is 32.2. The monoisotopic (exact) mass is 422 g/mol. The maximum atomic E-state index is 14.0. The molecule has 0 N–H and O–H groups in total. The van der Waals surface area contributed by atoms with Crippen LogP contribution in [-0.4, -0.2) is 21.8 Å². The molecule has 0 aliphatic carbocycles. The van der Waals surface area contributed by atoms with E-state index in [9.17, 15) is 22.0 Å². The Balaban J connectivity index is 2.14. The van der Waals surface area contributed by atoms with E-state index >= 15 is 0 Å². The summed E-state index contributed by atoms with van der Waals surface area (Å²) in [4.78, 5) is 12.7. The van der Waals surface area contributed by atoms with E-state index in [0.29, 0.717) is 11.6 Å². The van der Waals surface area contributed by atoms with Crippen molar-refractivity contribution in [2.45, 2.75) is 11.5 Å². The van der Waals surface area contributed by atoms with E-state index in [0.717, 1.165) is 24.5 Å². The van der Waals surface area contributed by atoms with Crippen molar-refractivity contribution in [2.75, 3.05) is 13.4 Å². The highest BCUT2D eigenvalue weighted by Gasteiger charge is 2.19. The van der Waals surface area contributed by atoms with Crippen molar-refractivity contribution in [2.24, 2.45) is 0 Å². The van der Waals surface area contributed by atoms with Crippen LogP contribution < -0.4 is 10.2 Å². The number of hydrogen-bond acceptors (Lipinski definition) is 6. The predicted molar refractivity (Wildman–Crippen MR) is 101 cm³/mol. The first-order chi connectivity index (χ1) is 13.7. The summed E-state index contributed by atoms with van der Waals surface area (Å²) in [6, 6.07) is 9.33. The van der Waals surface area contributed by atoms with Crippen molar-refractivity contribution >= 4 is 9.84 Å². The van der Waals surface area contributed by atoms with Gasteiger partial charge in [-0.05, 0) is 36.4 Å². The Bertz CT molecular complexity index is 1200. The molecule has 1 heterocycles. The first-order valence-corrected chi connectivity index (χ1v) is 10.2. The maximum absolute atomic E-state index is 14.0. The lowest BCUT2D eigenvalue weighted by Crippen LogP contribution is -2.08. The van der Waals surface area contributed by atoms with Crippen LogP contribution in [0.1, 0.15) is 5.76 Å². The van der Waals surface area contributed by atoms with Gasteiger partial charge in [0.05, 0.1) is 4.90 Å². The van der Waals surface area contributed by atoms with Crippen molar-refractivity contribution in [3.63, 3.8) is 0 Å². The van der Waals surface area contributed by atoms with E-state index in [4.69, 9.17) is 13.9 Å². The van der Waals surface area contributed by atoms with Crippen LogP contribution in [-0.2, 0) is 21.2 Å². The Labute approximate surface area is 165 Å². The summed E-state index contributed by atoms with van der Waals surface area (Å²) in [5, 5.41) is 0. The van der Waals surface area contributed by atoms with Gasteiger partial charge in [0.2, 0.25) is 11.2 Å². The maximum Gasteiger partial charge on any atom is 0.228 e. The van der Waals surface area contributed by atoms with E-state index in [1.807, 2.05) is 0 Å². The molecule has 0 aliphatic rings. The zero-order chi connectivity index (χ0) is 21.2. The minimum absolute atomic E-state index is 0.00511. The van der Waals surface area contributed by atoms with Crippen LogP contribution in [0.4, 0.5) is 8.78 Å². The molecule has 3 aromatic rings. The van der Waals surface area contributed by atoms with Crippen molar-refractivity contribution in [1.82, 2.24) is 0 Å². The Hall–Kier alpha value is -3.04. The van der Waals surface area contributed by atoms with Gasteiger partial charge in [-0.2, -0.15) is 0 Å². The molecular formula is C20H16F2O6S. The van der Waals surface area contributed by atoms with Crippen molar-refractivity contribution < 1.29 is 31.1 Å². The minimum Gasteiger partial charge on any atom is -0.454 e. The summed E-state index contributed by atoms with van der Waals surface area (Å²) in [6.45, 7) is -0.00511. The van der Waals surface area contributed by atoms with Crippen LogP contribution in [0.15, 0.2) is 62.6 Å². The Morgan fingerprint density at radius 2 is 1.72 bits per heavy atom. The Morgan fingerprint density at radius 1 is 1.03 bits per heavy atom. The topological polar surface area (TPSA) is 82.8 Å². The van der Waals surface area contributed by atoms with Gasteiger partial charge in [-0.1, -0.05) is 0 Å². The van der Waals surface area contributed by atoms with Gasteiger partial charge in [-0.3, -0.25) is 4.79 Å². The second-order valence-corrected chi connectivity index (χ2v) is 8.16. The fourth-order valence-electron chi connectivity index (χ4n) is 2.55. The molecule has 29 heavy (non-hydrogen) atoms. The van der Waals surface area contributed by atoms with Gasteiger partial charge >= 0.3 is 0 Å². The van der Waals surface area contributed by atoms with Crippen LogP contribution in [0.5, 0.6) is 11.5 Å². The van der Waals surface area contributed by atoms with E-state index in [1.54, 1.807) is 0 Å². The minimum atomic E-state index is -3.42. The number of sulfone groups is 1. The largest absolute Gasteiger partial charge is 0.454 e. The summed E-state index contributed by atoms with van der Waals surface area (Å²) >= 11 is 0. The van der Waals surface area contributed by atoms with Crippen LogP contribution in [0.25, 0.3) is 11.3 Å². The van der Waals surface area contributed by atoms with Crippen molar-refractivity contribution in [3.05, 3.63) is 76.1 Å². The molecule has 0 radical (unpaired) electrons. The number of benzene rings is 2. The molecule has 6 nitrogen and oxygen atoms in total. The average molecular weight is 422 g/mol. The highest BCUT2D eigenvalue weighted by Crippen LogP contribution is 2.33. The lowest BCUT2D eigenvalue weighted by molar-refractivity contribution is 0.162. The quantitative estimate of drug-likeness (QED) is 0.599. The molecule has 0 fully saturated rings. The summed E-state index contributed by atoms with van der Waals surface area (Å²) in [5.74, 6) is -2.35. The first-order valence-electron chi connectivity index (χ1n) is 8.28. The molecule has 0 atom stereocenters. The summed E-state index contributed by atoms with van der Waals surface area (Å²) in [6.07, 6.45) is 1.06. The van der Waals surface area contributed by atoms with E-state index in [2.05, 4.69) is 0 Å². The molecule has 0 saturated heterocycles. The van der Waals surface area contributed by atoms with Gasteiger partial charge in [-0.15, -0.1) is 0 Å². The van der Waals surface area contributed by atoms with Crippen molar-refractivity contribution in [1.29, 1.82) is 0 Å². The molecule has 0 spiro atoms. The SMILES string of the molecule is COCc1cc(=O)c(Oc2ccc(F)cc2F)c(-c2ccc(S(C)(=O)=O)cc2)o1. The molecule has 1 aromatic heterocycles. The average Bonchev–Trinajstić information content (AvgIpc) is 2.65. The number of halogens is 2. The third kappa shape index (κ3) is 4.69. The molecule has 2 aromatic carbocycles. The number of rotatable bonds is 6. The number of hydrogen-bond donors (Lipinski definition) is 0. The fraction of sp³-hybridized carbons (Fsp3) is 0.150. The highest BCUT2D eigenvalue weighted by molar-refractivity contribution is 7.90. The fourth-order valence-corrected chi connectivity index (χ4v) is 3.18. The van der Waals surface area contributed by atoms with E-state index in [-0.39, 0.29) is 34.5 Å². The van der Waals surface area contributed by atoms with E-state index in [1.165, 1.54) is 31.4 Å². The molecular weight excluding hydrogens is 406 g/mol. The predicted octanol–water partition coefficient (Wildman–Crippen LogP) is 3.93. The summed E-state index contributed by atoms with van der Waals surface area (Å²) < 4.78 is 66.5. The first kappa shape index (κ1) is 20.7. The number of ether oxygens (including phenoxy) is 2. The summed E-state index contributed by atoms with van der Waals surface area (Å²) in [5.41, 5.74) is -0.292. The molecule has 0 bridgehead atoms. The molecule has 0 aliphatic heterocycles. The van der Waals surface area contributed by atoms with Gasteiger partial charge in [0.25, 0.3) is 0 Å². The molecule has 9 heteroatoms. The zero-order valence-corrected chi connectivity index (χ0v) is 16.3. The van der Waals surface area contributed by atoms with Gasteiger partial charge in [0, 0.05) is 31.1 Å². The Kier molecular flexibility index (Phi) is 5.81. The molecule has 0 saturated carbocycles. The second-order valence-electron chi connectivity index (χ2n) is 6.14. The molecule has 3 rings (SSSR count). The Morgan fingerprint density at radius 3 is 2.31 bits per heavy atom. The molecule has 0 unspecified atom stereocenters. The van der Waals surface area contributed by atoms with Crippen LogP contribution >= 0.6 is 0 Å². The van der Waals surface area contributed by atoms with Crippen LogP contribution in [0.3, 0.4) is 0 Å². The van der Waals surface area contributed by atoms with Crippen LogP contribution in [0.2, 0.25) is 0 Å². The lowest BCUT2D eigenvalue weighted by Gasteiger charge is -2.12. The second kappa shape index (κ2) is 8.14. The van der Waals surface area contributed by atoms with Crippen LogP contribution in [0, 0.1) is 11.6 Å². The number of methoxy groups -OCH3 is 1. The lowest BCUT2D eigenvalue weighted by atomic mass is 10.1. The van der Waals surface area contributed by atoms with Gasteiger partial charge in [0.1, 0.15) is 18.2 Å². The summed E-state index contributed by atoms with van der Waals surface area (Å²) in [7, 11) is -2.01. The third-order valence-electron chi connectivity index (χ3n) is 3.89. The van der Waals surface area contributed by atoms with Gasteiger partial charge in [-0.25, -0.2) is 17.2 Å². The van der Waals surface area contributed by atoms with E-state index < -0.39 is 26.9 Å². The van der Waals surface area contributed by atoms with Crippen molar-refractivity contribution in [3.8, 4) is 22.8 Å². The standard InChI is InChI=1S/C20H16F2O6S/c1-26-11-14-10-17(23)20(28-18-8-5-13(21)9-16(18)22)19(27-14)12-3-6-15(7-4-12)29(2,24)25/h3-10H,11H2,1-2H3. The van der Waals surface area contributed by atoms with Gasteiger partial charge < -0.3 is 13.9 Å².